The Morgan fingerprint density at radius 3 is 2.47 bits per heavy atom. The molecule has 0 saturated carbocycles. The van der Waals surface area contributed by atoms with E-state index in [-0.39, 0.29) is 24.3 Å². The summed E-state index contributed by atoms with van der Waals surface area (Å²) in [5.41, 5.74) is -0.824. The molecule has 2 amide bonds. The van der Waals surface area contributed by atoms with Crippen molar-refractivity contribution in [2.24, 2.45) is 5.92 Å². The number of piperazine rings is 1. The third-order valence-corrected chi connectivity index (χ3v) is 2.62. The maximum atomic E-state index is 11.6. The molecule has 0 spiro atoms. The van der Waals surface area contributed by atoms with Crippen LogP contribution in [0.15, 0.2) is 0 Å². The van der Waals surface area contributed by atoms with E-state index in [0.717, 1.165) is 0 Å². The molecule has 0 aromatic carbocycles. The number of hydrogen-bond acceptors (Lipinski definition) is 3. The second-order valence-corrected chi connectivity index (χ2v) is 4.56. The van der Waals surface area contributed by atoms with Crippen molar-refractivity contribution in [3.05, 3.63) is 0 Å². The second kappa shape index (κ2) is 3.64. The quantitative estimate of drug-likeness (QED) is 0.373. The molecule has 0 radical (unpaired) electrons. The minimum Gasteiger partial charge on any atom is -0.337 e. The van der Waals surface area contributed by atoms with Gasteiger partial charge in [-0.25, -0.2) is 0 Å². The number of amides is 2. The van der Waals surface area contributed by atoms with E-state index in [1.165, 1.54) is 0 Å². The monoisotopic (exact) mass is 211 g/mol. The first kappa shape index (κ1) is 11.7. The van der Waals surface area contributed by atoms with Crippen molar-refractivity contribution in [2.45, 2.75) is 33.2 Å². The second-order valence-electron chi connectivity index (χ2n) is 4.56. The van der Waals surface area contributed by atoms with Crippen LogP contribution in [-0.4, -0.2) is 34.6 Å². The van der Waals surface area contributed by atoms with Crippen LogP contribution in [0.25, 0.3) is 0 Å². The third kappa shape index (κ3) is 2.00. The fraction of sp³-hybridized carbons (Fsp3) is 0.700. The van der Waals surface area contributed by atoms with Crippen LogP contribution < -0.4 is 5.32 Å². The number of imide groups is 1. The molecular weight excluding hydrogens is 194 g/mol. The highest BCUT2D eigenvalue weighted by Crippen LogP contribution is 2.20. The predicted molar refractivity (Wildman–Crippen MR) is 56.5 cm³/mol. The first-order chi connectivity index (χ1) is 6.76. The Kier molecular flexibility index (Phi) is 2.83. The van der Waals surface area contributed by atoms with Gasteiger partial charge in [0.2, 0.25) is 5.91 Å². The molecular formula is C10H17N3O2. The van der Waals surface area contributed by atoms with Crippen molar-refractivity contribution in [1.29, 1.82) is 5.41 Å². The molecule has 1 aliphatic heterocycles. The SMILES string of the molecule is CC(C)C(=N)N1CC(=O)NC(=O)C1(C)C. The number of hydrogen-bond donors (Lipinski definition) is 2. The number of nitrogens with zero attached hydrogens (tertiary/aromatic N) is 1. The van der Waals surface area contributed by atoms with Gasteiger partial charge >= 0.3 is 0 Å². The molecule has 0 aliphatic carbocycles. The summed E-state index contributed by atoms with van der Waals surface area (Å²) >= 11 is 0. The Bertz CT molecular complexity index is 321. The number of carbonyl (C=O) groups excluding carboxylic acids is 2. The largest absolute Gasteiger partial charge is 0.337 e. The highest BCUT2D eigenvalue weighted by molar-refractivity contribution is 6.06. The zero-order chi connectivity index (χ0) is 11.8. The molecule has 1 heterocycles. The molecule has 1 aliphatic rings. The number of nitrogens with one attached hydrogen (secondary N) is 2. The molecule has 5 nitrogen and oxygen atoms in total. The normalized spacial score (nSPS) is 20.5. The minimum atomic E-state index is -0.824. The molecule has 1 fully saturated rings. The van der Waals surface area contributed by atoms with Crippen LogP contribution in [-0.2, 0) is 9.59 Å². The van der Waals surface area contributed by atoms with Crippen molar-refractivity contribution in [3.8, 4) is 0 Å². The van der Waals surface area contributed by atoms with E-state index in [4.69, 9.17) is 5.41 Å². The van der Waals surface area contributed by atoms with Crippen molar-refractivity contribution in [3.63, 3.8) is 0 Å². The summed E-state index contributed by atoms with van der Waals surface area (Å²) < 4.78 is 0. The van der Waals surface area contributed by atoms with Gasteiger partial charge in [0.05, 0.1) is 12.4 Å². The molecule has 1 rings (SSSR count). The molecule has 84 valence electrons. The maximum absolute atomic E-state index is 11.6. The Labute approximate surface area is 89.3 Å². The number of carbonyl (C=O) groups is 2. The third-order valence-electron chi connectivity index (χ3n) is 2.62. The average Bonchev–Trinajstić information content (AvgIpc) is 2.10. The fourth-order valence-corrected chi connectivity index (χ4v) is 1.48. The van der Waals surface area contributed by atoms with Crippen LogP contribution in [0.1, 0.15) is 27.7 Å². The van der Waals surface area contributed by atoms with Gasteiger partial charge < -0.3 is 4.90 Å². The molecule has 0 bridgehead atoms. The van der Waals surface area contributed by atoms with E-state index in [1.54, 1.807) is 18.7 Å². The predicted octanol–water partition coefficient (Wildman–Crippen LogP) is 0.357. The van der Waals surface area contributed by atoms with Crippen LogP contribution in [0, 0.1) is 11.3 Å². The summed E-state index contributed by atoms with van der Waals surface area (Å²) in [6.07, 6.45) is 0. The summed E-state index contributed by atoms with van der Waals surface area (Å²) in [4.78, 5) is 24.4. The Balaban J connectivity index is 2.99. The number of rotatable bonds is 1. The van der Waals surface area contributed by atoms with Crippen LogP contribution in [0.2, 0.25) is 0 Å². The fourth-order valence-electron chi connectivity index (χ4n) is 1.48. The smallest absolute Gasteiger partial charge is 0.251 e. The lowest BCUT2D eigenvalue weighted by molar-refractivity contribution is -0.142. The van der Waals surface area contributed by atoms with Gasteiger partial charge in [0.1, 0.15) is 5.54 Å². The molecule has 1 saturated heterocycles. The van der Waals surface area contributed by atoms with E-state index in [9.17, 15) is 9.59 Å². The first-order valence-electron chi connectivity index (χ1n) is 4.97. The standard InChI is InChI=1S/C10H17N3O2/c1-6(2)8(11)13-5-7(14)12-9(15)10(13,3)4/h6,11H,5H2,1-4H3,(H,12,14,15). The number of amidine groups is 1. The minimum absolute atomic E-state index is 0.00275. The van der Waals surface area contributed by atoms with E-state index in [2.05, 4.69) is 5.32 Å². The van der Waals surface area contributed by atoms with Gasteiger partial charge in [0, 0.05) is 5.92 Å². The van der Waals surface area contributed by atoms with Crippen molar-refractivity contribution in [2.75, 3.05) is 6.54 Å². The van der Waals surface area contributed by atoms with Gasteiger partial charge in [0.25, 0.3) is 5.91 Å². The zero-order valence-electron chi connectivity index (χ0n) is 9.55. The lowest BCUT2D eigenvalue weighted by Gasteiger charge is -2.42. The molecule has 0 aromatic rings. The van der Waals surface area contributed by atoms with Gasteiger partial charge in [-0.05, 0) is 13.8 Å². The maximum Gasteiger partial charge on any atom is 0.251 e. The van der Waals surface area contributed by atoms with Crippen molar-refractivity contribution < 1.29 is 9.59 Å². The lowest BCUT2D eigenvalue weighted by atomic mass is 9.96. The Morgan fingerprint density at radius 2 is 2.00 bits per heavy atom. The molecule has 0 aromatic heterocycles. The van der Waals surface area contributed by atoms with Gasteiger partial charge in [-0.1, -0.05) is 13.8 Å². The van der Waals surface area contributed by atoms with Crippen LogP contribution in [0.5, 0.6) is 0 Å². The summed E-state index contributed by atoms with van der Waals surface area (Å²) in [6.45, 7) is 7.25. The Hall–Kier alpha value is -1.39. The average molecular weight is 211 g/mol. The van der Waals surface area contributed by atoms with E-state index >= 15 is 0 Å². The summed E-state index contributed by atoms with van der Waals surface area (Å²) in [6, 6.07) is 0. The van der Waals surface area contributed by atoms with Gasteiger partial charge in [-0.3, -0.25) is 20.3 Å². The van der Waals surface area contributed by atoms with Gasteiger partial charge in [0.15, 0.2) is 0 Å². The first-order valence-corrected chi connectivity index (χ1v) is 4.97. The van der Waals surface area contributed by atoms with E-state index in [0.29, 0.717) is 5.84 Å². The molecule has 5 heteroatoms. The summed E-state index contributed by atoms with van der Waals surface area (Å²) in [5, 5.41) is 10.1. The van der Waals surface area contributed by atoms with Crippen LogP contribution >= 0.6 is 0 Å². The van der Waals surface area contributed by atoms with Gasteiger partial charge in [-0.15, -0.1) is 0 Å². The van der Waals surface area contributed by atoms with E-state index < -0.39 is 5.54 Å². The van der Waals surface area contributed by atoms with Crippen molar-refractivity contribution in [1.82, 2.24) is 10.2 Å². The Morgan fingerprint density at radius 1 is 1.47 bits per heavy atom. The molecule has 0 unspecified atom stereocenters. The molecule has 15 heavy (non-hydrogen) atoms. The van der Waals surface area contributed by atoms with E-state index in [1.807, 2.05) is 13.8 Å². The summed E-state index contributed by atoms with van der Waals surface area (Å²) in [7, 11) is 0. The topological polar surface area (TPSA) is 73.3 Å². The zero-order valence-corrected chi connectivity index (χ0v) is 9.55. The summed E-state index contributed by atoms with van der Waals surface area (Å²) in [5.74, 6) is -0.361. The molecule has 0 atom stereocenters. The van der Waals surface area contributed by atoms with Crippen LogP contribution in [0.4, 0.5) is 0 Å². The van der Waals surface area contributed by atoms with Gasteiger partial charge in [-0.2, -0.15) is 0 Å². The lowest BCUT2D eigenvalue weighted by Crippen LogP contribution is -2.65. The van der Waals surface area contributed by atoms with Crippen molar-refractivity contribution >= 4 is 17.6 Å². The highest BCUT2D eigenvalue weighted by atomic mass is 16.2. The van der Waals surface area contributed by atoms with Crippen LogP contribution in [0.3, 0.4) is 0 Å². The highest BCUT2D eigenvalue weighted by Gasteiger charge is 2.42. The molecule has 2 N–H and O–H groups in total.